The van der Waals surface area contributed by atoms with Crippen molar-refractivity contribution in [1.29, 1.82) is 0 Å². The van der Waals surface area contributed by atoms with Gasteiger partial charge in [-0.25, -0.2) is 9.37 Å². The number of nitrogens with one attached hydrogen (secondary N) is 1. The number of piperidine rings is 1. The molecule has 0 spiro atoms. The third-order valence-corrected chi connectivity index (χ3v) is 10.8. The van der Waals surface area contributed by atoms with Gasteiger partial charge in [0.2, 0.25) is 17.6 Å². The number of furan rings is 1. The van der Waals surface area contributed by atoms with Crippen LogP contribution in [-0.2, 0) is 24.3 Å². The average Bonchev–Trinajstić information content (AvgIpc) is 3.92. The van der Waals surface area contributed by atoms with E-state index in [2.05, 4.69) is 20.9 Å². The monoisotopic (exact) mass is 709 g/mol. The number of aromatic nitrogens is 2. The smallest absolute Gasteiger partial charge is 0.229 e. The molecule has 7 rings (SSSR count). The molecule has 1 atom stereocenters. The van der Waals surface area contributed by atoms with E-state index in [1.807, 2.05) is 59.5 Å². The number of rotatable bonds is 15. The Labute approximate surface area is 304 Å². The summed E-state index contributed by atoms with van der Waals surface area (Å²) in [4.78, 5) is 29.7. The van der Waals surface area contributed by atoms with E-state index in [9.17, 15) is 9.18 Å². The van der Waals surface area contributed by atoms with Gasteiger partial charge in [-0.05, 0) is 105 Å². The van der Waals surface area contributed by atoms with Gasteiger partial charge in [0.25, 0.3) is 0 Å². The van der Waals surface area contributed by atoms with E-state index in [1.165, 1.54) is 12.1 Å². The zero-order valence-electron chi connectivity index (χ0n) is 30.3. The lowest BCUT2D eigenvalue weighted by Gasteiger charge is -2.38. The molecule has 0 saturated carbocycles. The second kappa shape index (κ2) is 15.7. The van der Waals surface area contributed by atoms with Crippen molar-refractivity contribution in [2.75, 3.05) is 52.4 Å². The number of imidazole rings is 1. The predicted molar refractivity (Wildman–Crippen MR) is 198 cm³/mol. The minimum atomic E-state index is -0.558. The summed E-state index contributed by atoms with van der Waals surface area (Å²) in [5, 5.41) is 0. The Morgan fingerprint density at radius 3 is 2.37 bits per heavy atom. The topological polar surface area (TPSA) is 96.3 Å². The maximum Gasteiger partial charge on any atom is 0.229 e. The van der Waals surface area contributed by atoms with Crippen molar-refractivity contribution >= 4 is 22.9 Å². The molecule has 1 unspecified atom stereocenters. The molecule has 1 N–H and O–H groups in total. The summed E-state index contributed by atoms with van der Waals surface area (Å²) in [7, 11) is 4.77. The molecule has 274 valence electrons. The standard InChI is InChI=1S/C41H48FN5O5/c1-49-36-24-30(25-37(50-2)38(36)51-3)27-46-22-18-41(39(46)48,26-29-11-13-31(42)14-12-29)17-7-19-45-20-15-32(16-21-45)47(28-33-8-6-23-52-33)40-43-34-9-4-5-10-35(34)44-40/h4-6,8-14,23-25,32H,7,15-22,26-28H2,1-3H3,(H,43,44). The van der Waals surface area contributed by atoms with Gasteiger partial charge in [0.1, 0.15) is 11.6 Å². The third kappa shape index (κ3) is 7.60. The summed E-state index contributed by atoms with van der Waals surface area (Å²) < 4.78 is 36.3. The average molecular weight is 710 g/mol. The Bertz CT molecular complexity index is 1880. The first-order chi connectivity index (χ1) is 25.4. The first kappa shape index (κ1) is 35.4. The fraction of sp³-hybridized carbons (Fsp3) is 0.415. The van der Waals surface area contributed by atoms with Crippen LogP contribution in [0.15, 0.2) is 83.5 Å². The molecule has 2 aromatic heterocycles. The van der Waals surface area contributed by atoms with Crippen LogP contribution in [0.3, 0.4) is 0 Å². The first-order valence-corrected chi connectivity index (χ1v) is 18.2. The number of benzene rings is 3. The lowest BCUT2D eigenvalue weighted by molar-refractivity contribution is -0.137. The maximum atomic E-state index is 14.4. The summed E-state index contributed by atoms with van der Waals surface area (Å²) >= 11 is 0. The number of ether oxygens (including phenoxy) is 3. The minimum Gasteiger partial charge on any atom is -0.493 e. The second-order valence-electron chi connectivity index (χ2n) is 14.1. The van der Waals surface area contributed by atoms with Crippen LogP contribution in [0.2, 0.25) is 0 Å². The second-order valence-corrected chi connectivity index (χ2v) is 14.1. The number of H-pyrrole nitrogens is 1. The van der Waals surface area contributed by atoms with Gasteiger partial charge in [-0.3, -0.25) is 4.79 Å². The van der Waals surface area contributed by atoms with E-state index in [0.29, 0.717) is 49.3 Å². The summed E-state index contributed by atoms with van der Waals surface area (Å²) in [5.74, 6) is 3.30. The number of carbonyl (C=O) groups is 1. The molecular weight excluding hydrogens is 661 g/mol. The fourth-order valence-electron chi connectivity index (χ4n) is 8.09. The lowest BCUT2D eigenvalue weighted by atomic mass is 9.76. The molecule has 5 aromatic rings. The van der Waals surface area contributed by atoms with Gasteiger partial charge in [0.15, 0.2) is 11.5 Å². The van der Waals surface area contributed by atoms with Gasteiger partial charge in [-0.1, -0.05) is 24.3 Å². The van der Waals surface area contributed by atoms with E-state index in [1.54, 1.807) is 27.6 Å². The largest absolute Gasteiger partial charge is 0.493 e. The molecule has 0 radical (unpaired) electrons. The Balaban J connectivity index is 1.01. The molecule has 4 heterocycles. The van der Waals surface area contributed by atoms with Crippen molar-refractivity contribution in [3.05, 3.63) is 102 Å². The van der Waals surface area contributed by atoms with Crippen LogP contribution in [0.4, 0.5) is 10.3 Å². The van der Waals surface area contributed by atoms with Crippen molar-refractivity contribution in [3.8, 4) is 17.2 Å². The number of carbonyl (C=O) groups excluding carboxylic acids is 1. The number of amides is 1. The van der Waals surface area contributed by atoms with Crippen molar-refractivity contribution < 1.29 is 27.8 Å². The zero-order chi connectivity index (χ0) is 36.1. The highest BCUT2D eigenvalue weighted by Crippen LogP contribution is 2.43. The van der Waals surface area contributed by atoms with Gasteiger partial charge in [0.05, 0.1) is 50.6 Å². The summed E-state index contributed by atoms with van der Waals surface area (Å²) in [6.45, 7) is 4.58. The lowest BCUT2D eigenvalue weighted by Crippen LogP contribution is -2.45. The first-order valence-electron chi connectivity index (χ1n) is 18.2. The Morgan fingerprint density at radius 2 is 1.69 bits per heavy atom. The van der Waals surface area contributed by atoms with E-state index in [-0.39, 0.29) is 11.7 Å². The number of para-hydroxylation sites is 2. The quantitative estimate of drug-likeness (QED) is 0.122. The Morgan fingerprint density at radius 1 is 0.942 bits per heavy atom. The molecule has 2 aliphatic rings. The number of anilines is 1. The van der Waals surface area contributed by atoms with Crippen molar-refractivity contribution in [3.63, 3.8) is 0 Å². The van der Waals surface area contributed by atoms with Crippen molar-refractivity contribution in [2.45, 2.75) is 57.7 Å². The highest BCUT2D eigenvalue weighted by molar-refractivity contribution is 5.85. The van der Waals surface area contributed by atoms with Gasteiger partial charge in [-0.2, -0.15) is 0 Å². The van der Waals surface area contributed by atoms with Gasteiger partial charge in [0, 0.05) is 32.2 Å². The molecule has 1 amide bonds. The number of halogens is 1. The van der Waals surface area contributed by atoms with E-state index in [4.69, 9.17) is 23.6 Å². The van der Waals surface area contributed by atoms with E-state index >= 15 is 0 Å². The number of methoxy groups -OCH3 is 3. The van der Waals surface area contributed by atoms with Crippen LogP contribution < -0.4 is 19.1 Å². The molecule has 3 aromatic carbocycles. The number of likely N-dealkylation sites (tertiary alicyclic amines) is 2. The van der Waals surface area contributed by atoms with Crippen LogP contribution >= 0.6 is 0 Å². The van der Waals surface area contributed by atoms with Crippen LogP contribution in [0.1, 0.15) is 49.0 Å². The number of fused-ring (bicyclic) bond motifs is 1. The number of nitrogens with zero attached hydrogens (tertiary/aromatic N) is 4. The van der Waals surface area contributed by atoms with Crippen molar-refractivity contribution in [2.24, 2.45) is 5.41 Å². The van der Waals surface area contributed by atoms with Crippen LogP contribution in [0.5, 0.6) is 17.2 Å². The van der Waals surface area contributed by atoms with Crippen LogP contribution in [0, 0.1) is 11.2 Å². The van der Waals surface area contributed by atoms with Crippen molar-refractivity contribution in [1.82, 2.24) is 19.8 Å². The number of hydrogen-bond acceptors (Lipinski definition) is 8. The minimum absolute atomic E-state index is 0.142. The van der Waals surface area contributed by atoms with E-state index in [0.717, 1.165) is 85.6 Å². The molecular formula is C41H48FN5O5. The summed E-state index contributed by atoms with van der Waals surface area (Å²) in [5.41, 5.74) is 3.31. The van der Waals surface area contributed by atoms with Gasteiger partial charge >= 0.3 is 0 Å². The molecule has 52 heavy (non-hydrogen) atoms. The molecule has 11 heteroatoms. The predicted octanol–water partition coefficient (Wildman–Crippen LogP) is 7.23. The van der Waals surface area contributed by atoms with Gasteiger partial charge < -0.3 is 38.3 Å². The molecule has 0 aliphatic carbocycles. The fourth-order valence-corrected chi connectivity index (χ4v) is 8.09. The Kier molecular flexibility index (Phi) is 10.7. The SMILES string of the molecule is COc1cc(CN2CCC(CCCN3CCC(N(Cc4ccco4)c4nc5ccccc5[nH]4)CC3)(Cc3ccc(F)cc3)C2=O)cc(OC)c1OC. The Hall–Kier alpha value is -5.03. The zero-order valence-corrected chi connectivity index (χ0v) is 30.3. The molecule has 2 fully saturated rings. The maximum absolute atomic E-state index is 14.4. The molecule has 2 saturated heterocycles. The summed E-state index contributed by atoms with van der Waals surface area (Å²) in [6, 6.07) is 22.8. The summed E-state index contributed by atoms with van der Waals surface area (Å²) in [6.07, 6.45) is 6.71. The molecule has 10 nitrogen and oxygen atoms in total. The van der Waals surface area contributed by atoms with Crippen LogP contribution in [-0.4, -0.2) is 79.2 Å². The van der Waals surface area contributed by atoms with Crippen LogP contribution in [0.25, 0.3) is 11.0 Å². The molecule has 2 aliphatic heterocycles. The number of aromatic amines is 1. The highest BCUT2D eigenvalue weighted by atomic mass is 19.1. The van der Waals surface area contributed by atoms with Gasteiger partial charge in [-0.15, -0.1) is 0 Å². The highest BCUT2D eigenvalue weighted by Gasteiger charge is 2.46. The third-order valence-electron chi connectivity index (χ3n) is 10.8. The molecule has 0 bridgehead atoms. The van der Waals surface area contributed by atoms with E-state index < -0.39 is 5.41 Å². The number of hydrogen-bond donors (Lipinski definition) is 1. The normalized spacial score (nSPS) is 18.3.